The van der Waals surface area contributed by atoms with Gasteiger partial charge in [-0.05, 0) is 44.5 Å². The summed E-state index contributed by atoms with van der Waals surface area (Å²) < 4.78 is 10.2. The average molecular weight is 355 g/mol. The standard InChI is InChI=1S/C17H23ClN2O4/c1-3-24-17(22)12-5-4-8-20(10-12)11-16(21)19-13-6-7-15(23-2)14(18)9-13/h6-7,9,12H,3-5,8,10-11H2,1-2H3,(H,19,21). The highest BCUT2D eigenvalue weighted by atomic mass is 35.5. The Hall–Kier alpha value is -1.79. The summed E-state index contributed by atoms with van der Waals surface area (Å²) in [7, 11) is 1.54. The van der Waals surface area contributed by atoms with Crippen LogP contribution in [0.15, 0.2) is 18.2 Å². The van der Waals surface area contributed by atoms with Gasteiger partial charge in [-0.3, -0.25) is 14.5 Å². The van der Waals surface area contributed by atoms with Crippen molar-refractivity contribution in [1.82, 2.24) is 4.90 Å². The molecule has 1 unspecified atom stereocenters. The van der Waals surface area contributed by atoms with Crippen molar-refractivity contribution in [1.29, 1.82) is 0 Å². The van der Waals surface area contributed by atoms with E-state index >= 15 is 0 Å². The molecule has 0 bridgehead atoms. The van der Waals surface area contributed by atoms with E-state index in [0.717, 1.165) is 19.4 Å². The number of halogens is 1. The second-order valence-electron chi connectivity index (χ2n) is 5.72. The third-order valence-corrected chi connectivity index (χ3v) is 4.22. The van der Waals surface area contributed by atoms with Gasteiger partial charge in [0.2, 0.25) is 5.91 Å². The number of rotatable bonds is 6. The van der Waals surface area contributed by atoms with Crippen molar-refractivity contribution in [2.45, 2.75) is 19.8 Å². The first-order chi connectivity index (χ1) is 11.5. The predicted octanol–water partition coefficient (Wildman–Crippen LogP) is 2.56. The lowest BCUT2D eigenvalue weighted by atomic mass is 9.98. The number of methoxy groups -OCH3 is 1. The van der Waals surface area contributed by atoms with Gasteiger partial charge in [0.25, 0.3) is 0 Å². The van der Waals surface area contributed by atoms with Crippen LogP contribution in [0.3, 0.4) is 0 Å². The highest BCUT2D eigenvalue weighted by Crippen LogP contribution is 2.27. The highest BCUT2D eigenvalue weighted by molar-refractivity contribution is 6.32. The molecule has 1 amide bonds. The molecule has 7 heteroatoms. The van der Waals surface area contributed by atoms with Crippen LogP contribution in [0.25, 0.3) is 0 Å². The van der Waals surface area contributed by atoms with Gasteiger partial charge in [0.15, 0.2) is 0 Å². The van der Waals surface area contributed by atoms with E-state index in [1.165, 1.54) is 7.11 Å². The van der Waals surface area contributed by atoms with Gasteiger partial charge in [0.1, 0.15) is 5.75 Å². The zero-order valence-electron chi connectivity index (χ0n) is 14.0. The number of esters is 1. The molecule has 1 saturated heterocycles. The SMILES string of the molecule is CCOC(=O)C1CCCN(CC(=O)Nc2ccc(OC)c(Cl)c2)C1. The maximum Gasteiger partial charge on any atom is 0.310 e. The maximum absolute atomic E-state index is 12.2. The van der Waals surface area contributed by atoms with E-state index in [-0.39, 0.29) is 24.3 Å². The maximum atomic E-state index is 12.2. The van der Waals surface area contributed by atoms with Crippen LogP contribution >= 0.6 is 11.6 Å². The lowest BCUT2D eigenvalue weighted by molar-refractivity contribution is -0.150. The van der Waals surface area contributed by atoms with Gasteiger partial charge in [-0.1, -0.05) is 11.6 Å². The van der Waals surface area contributed by atoms with Crippen molar-refractivity contribution in [3.63, 3.8) is 0 Å². The van der Waals surface area contributed by atoms with E-state index in [0.29, 0.717) is 29.6 Å². The molecule has 1 aromatic rings. The quantitative estimate of drug-likeness (QED) is 0.795. The molecule has 6 nitrogen and oxygen atoms in total. The number of carbonyl (C=O) groups excluding carboxylic acids is 2. The molecule has 1 aliphatic rings. The largest absolute Gasteiger partial charge is 0.495 e. The molecule has 1 atom stereocenters. The molecule has 1 aliphatic heterocycles. The molecule has 0 aliphatic carbocycles. The van der Waals surface area contributed by atoms with Crippen molar-refractivity contribution < 1.29 is 19.1 Å². The number of amides is 1. The third-order valence-electron chi connectivity index (χ3n) is 3.93. The molecule has 0 saturated carbocycles. The van der Waals surface area contributed by atoms with Crippen LogP contribution in [-0.4, -0.2) is 50.1 Å². The van der Waals surface area contributed by atoms with Crippen molar-refractivity contribution in [3.8, 4) is 5.75 Å². The van der Waals surface area contributed by atoms with E-state index in [4.69, 9.17) is 21.1 Å². The van der Waals surface area contributed by atoms with Gasteiger partial charge in [-0.2, -0.15) is 0 Å². The van der Waals surface area contributed by atoms with Crippen LogP contribution in [0.1, 0.15) is 19.8 Å². The Kier molecular flexibility index (Phi) is 6.87. The summed E-state index contributed by atoms with van der Waals surface area (Å²) >= 11 is 6.05. The topological polar surface area (TPSA) is 67.9 Å². The predicted molar refractivity (Wildman–Crippen MR) is 92.4 cm³/mol. The average Bonchev–Trinajstić information content (AvgIpc) is 2.55. The summed E-state index contributed by atoms with van der Waals surface area (Å²) in [6.45, 7) is 3.77. The lowest BCUT2D eigenvalue weighted by Crippen LogP contribution is -2.43. The molecule has 0 aromatic heterocycles. The monoisotopic (exact) mass is 354 g/mol. The number of carbonyl (C=O) groups is 2. The molecular formula is C17H23ClN2O4. The van der Waals surface area contributed by atoms with Gasteiger partial charge < -0.3 is 14.8 Å². The number of benzene rings is 1. The minimum atomic E-state index is -0.176. The summed E-state index contributed by atoms with van der Waals surface area (Å²) in [5.74, 6) is 0.0928. The second-order valence-corrected chi connectivity index (χ2v) is 6.13. The Labute approximate surface area is 147 Å². The van der Waals surface area contributed by atoms with Crippen LogP contribution in [-0.2, 0) is 14.3 Å². The number of ether oxygens (including phenoxy) is 2. The smallest absolute Gasteiger partial charge is 0.310 e. The lowest BCUT2D eigenvalue weighted by Gasteiger charge is -2.30. The summed E-state index contributed by atoms with van der Waals surface area (Å²) in [6.07, 6.45) is 1.69. The van der Waals surface area contributed by atoms with E-state index < -0.39 is 0 Å². The third kappa shape index (κ3) is 5.11. The number of hydrogen-bond donors (Lipinski definition) is 1. The summed E-state index contributed by atoms with van der Waals surface area (Å²) in [5.41, 5.74) is 0.616. The number of likely N-dealkylation sites (tertiary alicyclic amines) is 1. The van der Waals surface area contributed by atoms with Gasteiger partial charge >= 0.3 is 5.97 Å². The van der Waals surface area contributed by atoms with Crippen LogP contribution in [0.4, 0.5) is 5.69 Å². The van der Waals surface area contributed by atoms with Gasteiger partial charge in [0.05, 0.1) is 31.2 Å². The van der Waals surface area contributed by atoms with Crippen molar-refractivity contribution in [3.05, 3.63) is 23.2 Å². The molecule has 2 rings (SSSR count). The zero-order chi connectivity index (χ0) is 17.5. The van der Waals surface area contributed by atoms with Crippen LogP contribution in [0.2, 0.25) is 5.02 Å². The molecule has 24 heavy (non-hydrogen) atoms. The van der Waals surface area contributed by atoms with E-state index in [1.807, 2.05) is 4.90 Å². The highest BCUT2D eigenvalue weighted by Gasteiger charge is 2.27. The molecule has 0 radical (unpaired) electrons. The molecule has 132 valence electrons. The molecular weight excluding hydrogens is 332 g/mol. The van der Waals surface area contributed by atoms with Crippen molar-refractivity contribution in [2.24, 2.45) is 5.92 Å². The first-order valence-electron chi connectivity index (χ1n) is 8.05. The molecule has 1 aromatic carbocycles. The summed E-state index contributed by atoms with van der Waals surface area (Å²) in [6, 6.07) is 5.09. The minimum absolute atomic E-state index is 0.138. The fourth-order valence-electron chi connectivity index (χ4n) is 2.80. The van der Waals surface area contributed by atoms with Gasteiger partial charge in [-0.15, -0.1) is 0 Å². The Morgan fingerprint density at radius 2 is 2.21 bits per heavy atom. The first-order valence-corrected chi connectivity index (χ1v) is 8.43. The summed E-state index contributed by atoms with van der Waals surface area (Å²) in [5, 5.41) is 3.25. The van der Waals surface area contributed by atoms with Crippen LogP contribution < -0.4 is 10.1 Å². The minimum Gasteiger partial charge on any atom is -0.495 e. The van der Waals surface area contributed by atoms with Crippen molar-refractivity contribution in [2.75, 3.05) is 38.7 Å². The molecule has 1 heterocycles. The van der Waals surface area contributed by atoms with Gasteiger partial charge in [0, 0.05) is 12.2 Å². The Morgan fingerprint density at radius 1 is 1.42 bits per heavy atom. The first kappa shape index (κ1) is 18.5. The fourth-order valence-corrected chi connectivity index (χ4v) is 3.06. The Bertz CT molecular complexity index is 594. The normalized spacial score (nSPS) is 18.0. The van der Waals surface area contributed by atoms with Crippen LogP contribution in [0.5, 0.6) is 5.75 Å². The molecule has 1 N–H and O–H groups in total. The number of piperidine rings is 1. The Morgan fingerprint density at radius 3 is 2.88 bits per heavy atom. The number of hydrogen-bond acceptors (Lipinski definition) is 5. The number of nitrogens with zero attached hydrogens (tertiary/aromatic N) is 1. The van der Waals surface area contributed by atoms with E-state index in [9.17, 15) is 9.59 Å². The second kappa shape index (κ2) is 8.89. The molecule has 1 fully saturated rings. The molecule has 0 spiro atoms. The zero-order valence-corrected chi connectivity index (χ0v) is 14.8. The van der Waals surface area contributed by atoms with E-state index in [2.05, 4.69) is 5.32 Å². The summed E-state index contributed by atoms with van der Waals surface area (Å²) in [4.78, 5) is 26.0. The van der Waals surface area contributed by atoms with Gasteiger partial charge in [-0.25, -0.2) is 0 Å². The van der Waals surface area contributed by atoms with Crippen LogP contribution in [0, 0.1) is 5.92 Å². The number of nitrogens with one attached hydrogen (secondary N) is 1. The number of anilines is 1. The fraction of sp³-hybridized carbons (Fsp3) is 0.529. The van der Waals surface area contributed by atoms with Crippen molar-refractivity contribution >= 4 is 29.2 Å². The van der Waals surface area contributed by atoms with E-state index in [1.54, 1.807) is 25.1 Å². The Balaban J connectivity index is 1.87.